The third-order valence-electron chi connectivity index (χ3n) is 3.84. The summed E-state index contributed by atoms with van der Waals surface area (Å²) < 4.78 is 11.1. The number of nitrogens with zero attached hydrogens (tertiary/aromatic N) is 2. The van der Waals surface area contributed by atoms with E-state index in [0.29, 0.717) is 36.9 Å². The second kappa shape index (κ2) is 8.20. The molecule has 138 valence electrons. The van der Waals surface area contributed by atoms with Crippen LogP contribution in [0.15, 0.2) is 35.7 Å². The Balaban J connectivity index is 1.83. The molecule has 1 aromatic carbocycles. The van der Waals surface area contributed by atoms with Crippen LogP contribution in [0.2, 0.25) is 0 Å². The molecule has 1 N–H and O–H groups in total. The van der Waals surface area contributed by atoms with Gasteiger partial charge < -0.3 is 19.5 Å². The standard InChI is InChI=1S/C18H20N2O5S/c1-19(12-18(22)23)11-17(21)20(10-14-3-2-8-26-14)13-4-5-15-16(9-13)25-7-6-24-15/h2-5,8-9H,6-7,10-12H2,1H3,(H,22,23). The molecule has 8 heteroatoms. The number of thiophene rings is 1. The van der Waals surface area contributed by atoms with Gasteiger partial charge in [-0.05, 0) is 30.6 Å². The van der Waals surface area contributed by atoms with Gasteiger partial charge in [-0.1, -0.05) is 6.07 Å². The molecule has 7 nitrogen and oxygen atoms in total. The molecule has 1 aliphatic heterocycles. The Morgan fingerprint density at radius 1 is 1.15 bits per heavy atom. The van der Waals surface area contributed by atoms with Crippen molar-refractivity contribution in [3.63, 3.8) is 0 Å². The highest BCUT2D eigenvalue weighted by Gasteiger charge is 2.22. The van der Waals surface area contributed by atoms with Gasteiger partial charge in [0.05, 0.1) is 19.6 Å². The number of hydrogen-bond acceptors (Lipinski definition) is 6. The van der Waals surface area contributed by atoms with Gasteiger partial charge in [0.15, 0.2) is 11.5 Å². The predicted molar refractivity (Wildman–Crippen MR) is 98.1 cm³/mol. The SMILES string of the molecule is CN(CC(=O)O)CC(=O)N(Cc1cccs1)c1ccc2c(c1)OCCO2. The zero-order chi connectivity index (χ0) is 18.5. The van der Waals surface area contributed by atoms with Crippen molar-refractivity contribution in [1.82, 2.24) is 4.90 Å². The molecule has 1 aliphatic rings. The normalized spacial score (nSPS) is 12.8. The maximum atomic E-state index is 12.9. The van der Waals surface area contributed by atoms with Gasteiger partial charge in [0.25, 0.3) is 0 Å². The number of carbonyl (C=O) groups is 2. The Morgan fingerprint density at radius 3 is 2.62 bits per heavy atom. The maximum absolute atomic E-state index is 12.9. The highest BCUT2D eigenvalue weighted by Crippen LogP contribution is 2.34. The summed E-state index contributed by atoms with van der Waals surface area (Å²) >= 11 is 1.56. The highest BCUT2D eigenvalue weighted by atomic mass is 32.1. The largest absolute Gasteiger partial charge is 0.486 e. The maximum Gasteiger partial charge on any atom is 0.317 e. The summed E-state index contributed by atoms with van der Waals surface area (Å²) in [6.45, 7) is 1.20. The summed E-state index contributed by atoms with van der Waals surface area (Å²) in [7, 11) is 1.61. The predicted octanol–water partition coefficient (Wildman–Crippen LogP) is 2.07. The molecule has 0 fully saturated rings. The monoisotopic (exact) mass is 376 g/mol. The molecule has 0 aliphatic carbocycles. The first-order valence-corrected chi connectivity index (χ1v) is 9.03. The quantitative estimate of drug-likeness (QED) is 0.797. The summed E-state index contributed by atoms with van der Waals surface area (Å²) in [5.74, 6) is 0.117. The molecule has 1 aromatic heterocycles. The van der Waals surface area contributed by atoms with Gasteiger partial charge in [-0.25, -0.2) is 0 Å². The van der Waals surface area contributed by atoms with Crippen molar-refractivity contribution in [3.8, 4) is 11.5 Å². The molecule has 0 radical (unpaired) electrons. The first-order valence-electron chi connectivity index (χ1n) is 8.15. The number of amides is 1. The number of benzene rings is 1. The average molecular weight is 376 g/mol. The Hall–Kier alpha value is -2.58. The van der Waals surface area contributed by atoms with Crippen molar-refractivity contribution in [3.05, 3.63) is 40.6 Å². The summed E-state index contributed by atoms with van der Waals surface area (Å²) in [6, 6.07) is 9.29. The van der Waals surface area contributed by atoms with E-state index in [9.17, 15) is 9.59 Å². The lowest BCUT2D eigenvalue weighted by molar-refractivity contribution is -0.138. The van der Waals surface area contributed by atoms with E-state index in [1.165, 1.54) is 4.90 Å². The lowest BCUT2D eigenvalue weighted by atomic mass is 10.2. The van der Waals surface area contributed by atoms with Crippen LogP contribution >= 0.6 is 11.3 Å². The number of carboxylic acids is 1. The molecule has 2 aromatic rings. The van der Waals surface area contributed by atoms with Gasteiger partial charge in [0.2, 0.25) is 5.91 Å². The van der Waals surface area contributed by atoms with Crippen LogP contribution < -0.4 is 14.4 Å². The fourth-order valence-electron chi connectivity index (χ4n) is 2.68. The number of hydrogen-bond donors (Lipinski definition) is 1. The minimum atomic E-state index is -0.968. The lowest BCUT2D eigenvalue weighted by Gasteiger charge is -2.26. The minimum Gasteiger partial charge on any atom is -0.486 e. The first kappa shape index (κ1) is 18.2. The molecule has 3 rings (SSSR count). The number of anilines is 1. The van der Waals surface area contributed by atoms with Crippen LogP contribution in [-0.2, 0) is 16.1 Å². The zero-order valence-electron chi connectivity index (χ0n) is 14.4. The number of fused-ring (bicyclic) bond motifs is 1. The smallest absolute Gasteiger partial charge is 0.317 e. The molecule has 2 heterocycles. The number of carboxylic acid groups (broad SMARTS) is 1. The summed E-state index contributed by atoms with van der Waals surface area (Å²) in [5, 5.41) is 10.9. The van der Waals surface area contributed by atoms with E-state index in [1.54, 1.807) is 35.4 Å². The molecule has 0 saturated carbocycles. The van der Waals surface area contributed by atoms with E-state index in [0.717, 1.165) is 4.88 Å². The summed E-state index contributed by atoms with van der Waals surface area (Å²) in [5.41, 5.74) is 0.691. The van der Waals surface area contributed by atoms with E-state index >= 15 is 0 Å². The van der Waals surface area contributed by atoms with Gasteiger partial charge >= 0.3 is 5.97 Å². The lowest BCUT2D eigenvalue weighted by Crippen LogP contribution is -2.40. The van der Waals surface area contributed by atoms with Crippen molar-refractivity contribution in [1.29, 1.82) is 0 Å². The van der Waals surface area contributed by atoms with Crippen molar-refractivity contribution < 1.29 is 24.2 Å². The van der Waals surface area contributed by atoms with E-state index in [1.807, 2.05) is 23.6 Å². The number of aliphatic carboxylic acids is 1. The second-order valence-corrected chi connectivity index (χ2v) is 6.99. The Labute approximate surface area is 155 Å². The van der Waals surface area contributed by atoms with Crippen LogP contribution in [0.1, 0.15) is 4.88 Å². The number of likely N-dealkylation sites (N-methyl/N-ethyl adjacent to an activating group) is 1. The Morgan fingerprint density at radius 2 is 1.92 bits per heavy atom. The van der Waals surface area contributed by atoms with Crippen molar-refractivity contribution in [2.75, 3.05) is 38.3 Å². The second-order valence-electron chi connectivity index (χ2n) is 5.95. The summed E-state index contributed by atoms with van der Waals surface area (Å²) in [4.78, 5) is 27.9. The van der Waals surface area contributed by atoms with Crippen LogP contribution in [0, 0.1) is 0 Å². The van der Waals surface area contributed by atoms with E-state index in [4.69, 9.17) is 14.6 Å². The molecule has 0 atom stereocenters. The van der Waals surface area contributed by atoms with Crippen molar-refractivity contribution >= 4 is 28.9 Å². The third kappa shape index (κ3) is 4.53. The number of carbonyl (C=O) groups excluding carboxylic acids is 1. The van der Waals surface area contributed by atoms with Gasteiger partial charge in [-0.15, -0.1) is 11.3 Å². The van der Waals surface area contributed by atoms with Crippen molar-refractivity contribution in [2.24, 2.45) is 0 Å². The van der Waals surface area contributed by atoms with E-state index in [-0.39, 0.29) is 19.0 Å². The molecule has 0 bridgehead atoms. The molecular weight excluding hydrogens is 356 g/mol. The number of rotatable bonds is 7. The molecule has 1 amide bonds. The van der Waals surface area contributed by atoms with Crippen LogP contribution in [0.25, 0.3) is 0 Å². The van der Waals surface area contributed by atoms with Gasteiger partial charge in [0.1, 0.15) is 13.2 Å². The Kier molecular flexibility index (Phi) is 5.75. The molecule has 0 spiro atoms. The first-order chi connectivity index (χ1) is 12.5. The van der Waals surface area contributed by atoms with Gasteiger partial charge in [0, 0.05) is 16.6 Å². The van der Waals surface area contributed by atoms with Crippen LogP contribution in [0.4, 0.5) is 5.69 Å². The van der Waals surface area contributed by atoms with Gasteiger partial charge in [-0.3, -0.25) is 14.5 Å². The Bertz CT molecular complexity index is 778. The summed E-state index contributed by atoms with van der Waals surface area (Å²) in [6.07, 6.45) is 0. The van der Waals surface area contributed by atoms with Crippen LogP contribution in [-0.4, -0.2) is 55.2 Å². The van der Waals surface area contributed by atoms with Crippen LogP contribution in [0.5, 0.6) is 11.5 Å². The van der Waals surface area contributed by atoms with Crippen molar-refractivity contribution in [2.45, 2.75) is 6.54 Å². The third-order valence-corrected chi connectivity index (χ3v) is 4.70. The fourth-order valence-corrected chi connectivity index (χ4v) is 3.38. The van der Waals surface area contributed by atoms with Gasteiger partial charge in [-0.2, -0.15) is 0 Å². The van der Waals surface area contributed by atoms with Crippen LogP contribution in [0.3, 0.4) is 0 Å². The number of ether oxygens (including phenoxy) is 2. The van der Waals surface area contributed by atoms with E-state index < -0.39 is 5.97 Å². The molecular formula is C18H20N2O5S. The molecule has 0 unspecified atom stereocenters. The topological polar surface area (TPSA) is 79.3 Å². The minimum absolute atomic E-state index is 0.00607. The zero-order valence-corrected chi connectivity index (χ0v) is 15.2. The average Bonchev–Trinajstić information content (AvgIpc) is 3.11. The highest BCUT2D eigenvalue weighted by molar-refractivity contribution is 7.09. The van der Waals surface area contributed by atoms with E-state index in [2.05, 4.69) is 0 Å². The molecule has 26 heavy (non-hydrogen) atoms. The fraction of sp³-hybridized carbons (Fsp3) is 0.333. The molecule has 0 saturated heterocycles.